The lowest BCUT2D eigenvalue weighted by molar-refractivity contribution is 1.18. The van der Waals surface area contributed by atoms with E-state index < -0.39 is 0 Å². The van der Waals surface area contributed by atoms with Crippen molar-refractivity contribution in [2.75, 3.05) is 0 Å². The van der Waals surface area contributed by atoms with Crippen molar-refractivity contribution in [2.45, 2.75) is 34.1 Å². The number of rotatable bonds is 1. The van der Waals surface area contributed by atoms with Crippen molar-refractivity contribution < 1.29 is 0 Å². The SMILES string of the molecule is C=CC.C=c1cccn/c1=C/CC.CC. The molecule has 0 aliphatic heterocycles. The summed E-state index contributed by atoms with van der Waals surface area (Å²) < 4.78 is 0. The van der Waals surface area contributed by atoms with Crippen LogP contribution in [0.4, 0.5) is 0 Å². The Hall–Kier alpha value is -1.37. The molecule has 0 aromatic carbocycles. The van der Waals surface area contributed by atoms with E-state index in [2.05, 4.69) is 31.1 Å². The van der Waals surface area contributed by atoms with Crippen LogP contribution >= 0.6 is 0 Å². The molecule has 0 radical (unpaired) electrons. The lowest BCUT2D eigenvalue weighted by Crippen LogP contribution is -2.25. The van der Waals surface area contributed by atoms with Gasteiger partial charge in [-0.15, -0.1) is 6.58 Å². The molecule has 0 saturated heterocycles. The molecule has 84 valence electrons. The summed E-state index contributed by atoms with van der Waals surface area (Å²) in [6.07, 6.45) is 6.62. The van der Waals surface area contributed by atoms with Gasteiger partial charge >= 0.3 is 0 Å². The number of nitrogens with zero attached hydrogens (tertiary/aromatic N) is 1. The summed E-state index contributed by atoms with van der Waals surface area (Å²) in [5.74, 6) is 0. The quantitative estimate of drug-likeness (QED) is 0.642. The second-order valence-electron chi connectivity index (χ2n) is 2.57. The largest absolute Gasteiger partial charge is 0.257 e. The van der Waals surface area contributed by atoms with E-state index in [9.17, 15) is 0 Å². The molecule has 1 aromatic heterocycles. The topological polar surface area (TPSA) is 12.9 Å². The molecule has 1 rings (SSSR count). The third kappa shape index (κ3) is 8.95. The molecule has 0 saturated carbocycles. The zero-order valence-corrected chi connectivity index (χ0v) is 10.5. The van der Waals surface area contributed by atoms with Crippen molar-refractivity contribution in [3.05, 3.63) is 41.6 Å². The van der Waals surface area contributed by atoms with Gasteiger partial charge < -0.3 is 0 Å². The van der Waals surface area contributed by atoms with Crippen molar-refractivity contribution in [1.29, 1.82) is 0 Å². The standard InChI is InChI=1S/C9H11N.C3H6.C2H6/c1-3-5-9-8(2)6-4-7-10-9;1-3-2;1-2/h4-7H,2-3H2,1H3;3H,1H2,2H3;1-2H3/b9-5+;;. The van der Waals surface area contributed by atoms with E-state index in [1.807, 2.05) is 32.9 Å². The first-order chi connectivity index (χ1) is 7.26. The average molecular weight is 205 g/mol. The van der Waals surface area contributed by atoms with Crippen LogP contribution in [0.1, 0.15) is 34.1 Å². The number of hydrogen-bond donors (Lipinski definition) is 0. The summed E-state index contributed by atoms with van der Waals surface area (Å²) in [5, 5.41) is 2.01. The van der Waals surface area contributed by atoms with Crippen LogP contribution in [0.3, 0.4) is 0 Å². The molecule has 0 aliphatic rings. The van der Waals surface area contributed by atoms with Crippen LogP contribution in [-0.2, 0) is 0 Å². The Morgan fingerprint density at radius 2 is 1.93 bits per heavy atom. The third-order valence-corrected chi connectivity index (χ3v) is 1.32. The van der Waals surface area contributed by atoms with Gasteiger partial charge in [0.25, 0.3) is 0 Å². The van der Waals surface area contributed by atoms with Crippen LogP contribution in [0.25, 0.3) is 12.7 Å². The van der Waals surface area contributed by atoms with Crippen molar-refractivity contribution in [1.82, 2.24) is 4.98 Å². The van der Waals surface area contributed by atoms with Gasteiger partial charge in [0.15, 0.2) is 0 Å². The molecule has 0 amide bonds. The van der Waals surface area contributed by atoms with E-state index >= 15 is 0 Å². The van der Waals surface area contributed by atoms with Gasteiger partial charge in [-0.3, -0.25) is 4.98 Å². The van der Waals surface area contributed by atoms with E-state index in [1.165, 1.54) is 0 Å². The highest BCUT2D eigenvalue weighted by Crippen LogP contribution is 1.72. The van der Waals surface area contributed by atoms with Crippen LogP contribution in [0, 0.1) is 0 Å². The van der Waals surface area contributed by atoms with Crippen LogP contribution in [0.5, 0.6) is 0 Å². The summed E-state index contributed by atoms with van der Waals surface area (Å²) in [5.41, 5.74) is 0. The lowest BCUT2D eigenvalue weighted by Gasteiger charge is -1.84. The smallest absolute Gasteiger partial charge is 0.0656 e. The molecule has 0 spiro atoms. The highest BCUT2D eigenvalue weighted by atomic mass is 14.6. The van der Waals surface area contributed by atoms with Gasteiger partial charge in [-0.25, -0.2) is 0 Å². The van der Waals surface area contributed by atoms with Gasteiger partial charge in [-0.1, -0.05) is 45.6 Å². The summed E-state index contributed by atoms with van der Waals surface area (Å²) in [7, 11) is 0. The average Bonchev–Trinajstić information content (AvgIpc) is 2.26. The van der Waals surface area contributed by atoms with Gasteiger partial charge in [0.2, 0.25) is 0 Å². The van der Waals surface area contributed by atoms with Gasteiger partial charge in [0, 0.05) is 6.20 Å². The summed E-state index contributed by atoms with van der Waals surface area (Å²) in [4.78, 5) is 4.15. The molecular weight excluding hydrogens is 182 g/mol. The zero-order valence-electron chi connectivity index (χ0n) is 10.5. The maximum Gasteiger partial charge on any atom is 0.0656 e. The van der Waals surface area contributed by atoms with Gasteiger partial charge in [-0.05, 0) is 24.6 Å². The second kappa shape index (κ2) is 12.6. The van der Waals surface area contributed by atoms with E-state index in [1.54, 1.807) is 12.3 Å². The Morgan fingerprint density at radius 3 is 2.33 bits per heavy atom. The second-order valence-corrected chi connectivity index (χ2v) is 2.57. The minimum Gasteiger partial charge on any atom is -0.257 e. The predicted octanol–water partition coefficient (Wildman–Crippen LogP) is 2.90. The monoisotopic (exact) mass is 205 g/mol. The zero-order chi connectivity index (χ0) is 12.1. The van der Waals surface area contributed by atoms with E-state index in [0.717, 1.165) is 17.0 Å². The van der Waals surface area contributed by atoms with Crippen molar-refractivity contribution in [3.63, 3.8) is 0 Å². The molecule has 0 aliphatic carbocycles. The molecule has 0 bridgehead atoms. The molecule has 1 aromatic rings. The Balaban J connectivity index is 0. The normalized spacial score (nSPS) is 9.20. The van der Waals surface area contributed by atoms with Crippen LogP contribution in [0.15, 0.2) is 31.0 Å². The Morgan fingerprint density at radius 1 is 1.40 bits per heavy atom. The first kappa shape index (κ1) is 16.1. The number of hydrogen-bond acceptors (Lipinski definition) is 1. The molecule has 1 nitrogen and oxygen atoms in total. The minimum atomic E-state index is 1.00. The van der Waals surface area contributed by atoms with Crippen molar-refractivity contribution >= 4 is 12.7 Å². The fraction of sp³-hybridized carbons (Fsp3) is 0.357. The van der Waals surface area contributed by atoms with E-state index in [0.29, 0.717) is 0 Å². The van der Waals surface area contributed by atoms with Gasteiger partial charge in [0.05, 0.1) is 5.35 Å². The Labute approximate surface area is 93.9 Å². The Kier molecular flexibility index (Phi) is 13.5. The van der Waals surface area contributed by atoms with Gasteiger partial charge in [-0.2, -0.15) is 0 Å². The maximum atomic E-state index is 4.15. The van der Waals surface area contributed by atoms with Crippen molar-refractivity contribution in [3.8, 4) is 0 Å². The summed E-state index contributed by atoms with van der Waals surface area (Å²) in [6, 6.07) is 3.86. The first-order valence-corrected chi connectivity index (χ1v) is 5.43. The molecule has 0 atom stereocenters. The number of pyridine rings is 1. The molecule has 0 N–H and O–H groups in total. The highest BCUT2D eigenvalue weighted by Gasteiger charge is 1.78. The molecular formula is C14H23N. The fourth-order valence-corrected chi connectivity index (χ4v) is 0.828. The number of aromatic nitrogens is 1. The predicted molar refractivity (Wildman–Crippen MR) is 71.0 cm³/mol. The van der Waals surface area contributed by atoms with Crippen LogP contribution in [-0.4, -0.2) is 4.98 Å². The highest BCUT2D eigenvalue weighted by molar-refractivity contribution is 5.20. The summed E-state index contributed by atoms with van der Waals surface area (Å²) in [6.45, 7) is 15.2. The molecule has 15 heavy (non-hydrogen) atoms. The van der Waals surface area contributed by atoms with Crippen LogP contribution < -0.4 is 10.6 Å². The van der Waals surface area contributed by atoms with Crippen molar-refractivity contribution in [2.24, 2.45) is 0 Å². The van der Waals surface area contributed by atoms with Gasteiger partial charge in [0.1, 0.15) is 0 Å². The fourth-order valence-electron chi connectivity index (χ4n) is 0.828. The number of allylic oxidation sites excluding steroid dienone is 1. The lowest BCUT2D eigenvalue weighted by atomic mass is 10.3. The molecule has 1 heteroatoms. The molecule has 0 unspecified atom stereocenters. The first-order valence-electron chi connectivity index (χ1n) is 5.43. The molecule has 0 fully saturated rings. The van der Waals surface area contributed by atoms with Crippen LogP contribution in [0.2, 0.25) is 0 Å². The van der Waals surface area contributed by atoms with E-state index in [4.69, 9.17) is 0 Å². The van der Waals surface area contributed by atoms with E-state index in [-0.39, 0.29) is 0 Å². The summed E-state index contributed by atoms with van der Waals surface area (Å²) >= 11 is 0. The maximum absolute atomic E-state index is 4.15. The minimum absolute atomic E-state index is 1.00. The Bertz CT molecular complexity index is 339. The molecule has 1 heterocycles. The third-order valence-electron chi connectivity index (χ3n) is 1.32.